The lowest BCUT2D eigenvalue weighted by atomic mass is 9.84. The van der Waals surface area contributed by atoms with Crippen LogP contribution >= 0.6 is 0 Å². The van der Waals surface area contributed by atoms with Crippen molar-refractivity contribution in [2.75, 3.05) is 27.2 Å². The third-order valence-corrected chi connectivity index (χ3v) is 6.94. The summed E-state index contributed by atoms with van der Waals surface area (Å²) in [6.45, 7) is 24.2. The molecule has 0 aliphatic heterocycles. The number of aromatic hydroxyl groups is 2. The van der Waals surface area contributed by atoms with Crippen LogP contribution in [0.25, 0.3) is 0 Å². The Balaban J connectivity index is 2.20. The second kappa shape index (κ2) is 13.8. The van der Waals surface area contributed by atoms with Crippen LogP contribution in [0.2, 0.25) is 0 Å². The van der Waals surface area contributed by atoms with Gasteiger partial charge in [0.15, 0.2) is 0 Å². The van der Waals surface area contributed by atoms with E-state index < -0.39 is 0 Å². The Hall–Kier alpha value is -2.70. The fourth-order valence-corrected chi connectivity index (χ4v) is 4.28. The highest BCUT2D eigenvalue weighted by molar-refractivity contribution is 5.85. The van der Waals surface area contributed by atoms with Gasteiger partial charge in [0.1, 0.15) is 11.5 Å². The summed E-state index contributed by atoms with van der Waals surface area (Å²) in [5.41, 5.74) is 5.65. The van der Waals surface area contributed by atoms with E-state index in [2.05, 4.69) is 99.7 Å². The minimum absolute atomic E-state index is 0.0377. The molecule has 222 valence electrons. The lowest BCUT2D eigenvalue weighted by Gasteiger charge is -2.26. The predicted molar refractivity (Wildman–Crippen MR) is 172 cm³/mol. The van der Waals surface area contributed by atoms with Crippen LogP contribution in [0.15, 0.2) is 34.3 Å². The van der Waals surface area contributed by atoms with Crippen molar-refractivity contribution >= 4 is 12.4 Å². The Morgan fingerprint density at radius 2 is 0.975 bits per heavy atom. The van der Waals surface area contributed by atoms with Gasteiger partial charge in [-0.2, -0.15) is 0 Å². The van der Waals surface area contributed by atoms with E-state index in [1.54, 1.807) is 12.4 Å². The van der Waals surface area contributed by atoms with E-state index in [9.17, 15) is 10.2 Å². The number of benzene rings is 2. The maximum absolute atomic E-state index is 11.1. The number of hydrogen-bond donors (Lipinski definition) is 2. The first-order chi connectivity index (χ1) is 18.4. The molecule has 0 aliphatic carbocycles. The zero-order valence-electron chi connectivity index (χ0n) is 27.1. The van der Waals surface area contributed by atoms with Gasteiger partial charge in [0, 0.05) is 72.9 Å². The van der Waals surface area contributed by atoms with Gasteiger partial charge in [0.2, 0.25) is 0 Å². The van der Waals surface area contributed by atoms with E-state index >= 15 is 0 Å². The van der Waals surface area contributed by atoms with Crippen LogP contribution in [0.1, 0.15) is 103 Å². The highest BCUT2D eigenvalue weighted by Gasteiger charge is 2.21. The van der Waals surface area contributed by atoms with Crippen molar-refractivity contribution < 1.29 is 10.2 Å². The van der Waals surface area contributed by atoms with Gasteiger partial charge in [-0.25, -0.2) is 0 Å². The molecule has 0 heterocycles. The van der Waals surface area contributed by atoms with Crippen molar-refractivity contribution in [1.29, 1.82) is 0 Å². The molecule has 0 amide bonds. The van der Waals surface area contributed by atoms with Gasteiger partial charge < -0.3 is 20.0 Å². The Kier molecular flexibility index (Phi) is 11.5. The summed E-state index contributed by atoms with van der Waals surface area (Å²) in [5.74, 6) is 0.606. The predicted octanol–water partition coefficient (Wildman–Crippen LogP) is 6.91. The standard InChI is InChI=1S/C34H54N4O2/c1-23(2)35-19-25-15-29(33(5,6)7)17-27(31(25)39)21-37(11)13-14-38(12)22-28-18-30(34(8,9)10)16-26(32(28)40)20-36-24(3)4/h15-20,23-24,39-40H,13-14,21-22H2,1-12H3/b35-19+,36-20+. The van der Waals surface area contributed by atoms with Gasteiger partial charge in [0.05, 0.1) is 0 Å². The van der Waals surface area contributed by atoms with Crippen LogP contribution in [-0.2, 0) is 23.9 Å². The van der Waals surface area contributed by atoms with Crippen molar-refractivity contribution in [3.05, 3.63) is 57.6 Å². The normalized spacial score (nSPS) is 13.3. The lowest BCUT2D eigenvalue weighted by Crippen LogP contribution is -2.30. The Morgan fingerprint density at radius 1 is 0.650 bits per heavy atom. The van der Waals surface area contributed by atoms with Gasteiger partial charge in [-0.1, -0.05) is 53.7 Å². The maximum atomic E-state index is 11.1. The summed E-state index contributed by atoms with van der Waals surface area (Å²) in [5, 5.41) is 22.1. The number of rotatable bonds is 11. The van der Waals surface area contributed by atoms with Crippen LogP contribution in [0.3, 0.4) is 0 Å². The molecule has 0 fully saturated rings. The average molecular weight is 551 g/mol. The molecule has 0 saturated heterocycles. The van der Waals surface area contributed by atoms with Gasteiger partial charge in [0.25, 0.3) is 0 Å². The van der Waals surface area contributed by atoms with Gasteiger partial charge >= 0.3 is 0 Å². The van der Waals surface area contributed by atoms with Crippen LogP contribution < -0.4 is 0 Å². The van der Waals surface area contributed by atoms with E-state index in [0.717, 1.165) is 35.3 Å². The van der Waals surface area contributed by atoms with Crippen molar-refractivity contribution in [3.8, 4) is 11.5 Å². The van der Waals surface area contributed by atoms with Gasteiger partial charge in [-0.15, -0.1) is 0 Å². The second-order valence-electron chi connectivity index (χ2n) is 13.9. The number of nitrogens with zero attached hydrogens (tertiary/aromatic N) is 4. The monoisotopic (exact) mass is 550 g/mol. The summed E-state index contributed by atoms with van der Waals surface area (Å²) in [6.07, 6.45) is 3.59. The number of hydrogen-bond acceptors (Lipinski definition) is 6. The lowest BCUT2D eigenvalue weighted by molar-refractivity contribution is 0.243. The van der Waals surface area contributed by atoms with Crippen LogP contribution in [0.5, 0.6) is 11.5 Å². The molecule has 2 rings (SSSR count). The molecule has 2 aromatic carbocycles. The third kappa shape index (κ3) is 10.0. The molecule has 0 saturated carbocycles. The third-order valence-electron chi connectivity index (χ3n) is 6.94. The molecule has 0 radical (unpaired) electrons. The molecule has 6 heteroatoms. The van der Waals surface area contributed by atoms with Crippen molar-refractivity contribution in [2.45, 2.75) is 105 Å². The molecule has 0 atom stereocenters. The molecule has 0 aromatic heterocycles. The van der Waals surface area contributed by atoms with E-state index in [1.807, 2.05) is 27.7 Å². The summed E-state index contributed by atoms with van der Waals surface area (Å²) < 4.78 is 0. The van der Waals surface area contributed by atoms with Gasteiger partial charge in [-0.05, 0) is 75.9 Å². The molecule has 0 aliphatic rings. The summed E-state index contributed by atoms with van der Waals surface area (Å²) in [4.78, 5) is 13.5. The van der Waals surface area contributed by atoms with Crippen molar-refractivity contribution in [1.82, 2.24) is 9.80 Å². The molecule has 2 N–H and O–H groups in total. The minimum atomic E-state index is -0.0377. The first kappa shape index (κ1) is 33.5. The molecule has 0 spiro atoms. The fraction of sp³-hybridized carbons (Fsp3) is 0.588. The van der Waals surface area contributed by atoms with Crippen molar-refractivity contribution in [3.63, 3.8) is 0 Å². The number of phenolic OH excluding ortho intramolecular Hbond substituents is 2. The topological polar surface area (TPSA) is 71.7 Å². The summed E-state index contributed by atoms with van der Waals surface area (Å²) >= 11 is 0. The average Bonchev–Trinajstić information content (AvgIpc) is 2.82. The zero-order valence-corrected chi connectivity index (χ0v) is 27.1. The molecule has 6 nitrogen and oxygen atoms in total. The van der Waals surface area contributed by atoms with Crippen LogP contribution in [-0.4, -0.2) is 71.7 Å². The Labute approximate surface area is 243 Å². The van der Waals surface area contributed by atoms with Crippen molar-refractivity contribution in [2.24, 2.45) is 9.98 Å². The van der Waals surface area contributed by atoms with E-state index in [4.69, 9.17) is 0 Å². The highest BCUT2D eigenvalue weighted by atomic mass is 16.3. The SMILES string of the molecule is CC(C)/N=C/c1cc(C(C)(C)C)cc(CN(C)CCN(C)Cc2cc(C(C)(C)C)cc(/C=N/C(C)C)c2O)c1O. The van der Waals surface area contributed by atoms with Gasteiger partial charge in [-0.3, -0.25) is 9.98 Å². The number of likely N-dealkylation sites (N-methyl/N-ethyl adjacent to an activating group) is 2. The largest absolute Gasteiger partial charge is 0.507 e. The zero-order chi connectivity index (χ0) is 30.4. The van der Waals surface area contributed by atoms with Crippen LogP contribution in [0.4, 0.5) is 0 Å². The summed E-state index contributed by atoms with van der Waals surface area (Å²) in [6, 6.07) is 8.69. The minimum Gasteiger partial charge on any atom is -0.507 e. The molecule has 0 unspecified atom stereocenters. The van der Waals surface area contributed by atoms with E-state index in [0.29, 0.717) is 24.6 Å². The first-order valence-corrected chi connectivity index (χ1v) is 14.5. The number of aliphatic imine (C=N–C) groups is 2. The molecule has 2 aromatic rings. The molecular formula is C34H54N4O2. The van der Waals surface area contributed by atoms with E-state index in [1.165, 1.54) is 11.1 Å². The van der Waals surface area contributed by atoms with Crippen LogP contribution in [0, 0.1) is 0 Å². The molecular weight excluding hydrogens is 496 g/mol. The number of phenols is 2. The highest BCUT2D eigenvalue weighted by Crippen LogP contribution is 2.32. The molecule has 40 heavy (non-hydrogen) atoms. The Bertz CT molecular complexity index is 1090. The van der Waals surface area contributed by atoms with E-state index in [-0.39, 0.29) is 22.9 Å². The fourth-order valence-electron chi connectivity index (χ4n) is 4.28. The first-order valence-electron chi connectivity index (χ1n) is 14.5. The smallest absolute Gasteiger partial charge is 0.128 e. The summed E-state index contributed by atoms with van der Waals surface area (Å²) in [7, 11) is 4.16. The Morgan fingerprint density at radius 3 is 1.25 bits per heavy atom. The second-order valence-corrected chi connectivity index (χ2v) is 13.9. The maximum Gasteiger partial charge on any atom is 0.128 e. The molecule has 0 bridgehead atoms. The quantitative estimate of drug-likeness (QED) is 0.298.